The lowest BCUT2D eigenvalue weighted by Crippen LogP contribution is -2.61. The van der Waals surface area contributed by atoms with Crippen LogP contribution in [-0.2, 0) is 22.7 Å². The first kappa shape index (κ1) is 38.5. The molecule has 7 rings (SSSR count). The van der Waals surface area contributed by atoms with Crippen molar-refractivity contribution in [3.63, 3.8) is 0 Å². The van der Waals surface area contributed by atoms with Crippen LogP contribution in [-0.4, -0.2) is 56.0 Å². The Labute approximate surface area is 337 Å². The number of carbonyl (C=O) groups excluding carboxylic acids is 2. The van der Waals surface area contributed by atoms with Crippen LogP contribution >= 0.6 is 46.4 Å². The van der Waals surface area contributed by atoms with Gasteiger partial charge in [-0.2, -0.15) is 0 Å². The summed E-state index contributed by atoms with van der Waals surface area (Å²) in [6.45, 7) is 2.67. The third-order valence-corrected chi connectivity index (χ3v) is 10.9. The molecule has 0 radical (unpaired) electrons. The number of carbonyl (C=O) groups is 2. The van der Waals surface area contributed by atoms with E-state index in [9.17, 15) is 19.2 Å². The lowest BCUT2D eigenvalue weighted by Gasteiger charge is -2.47. The van der Waals surface area contributed by atoms with Gasteiger partial charge in [0.25, 0.3) is 17.4 Å². The van der Waals surface area contributed by atoms with E-state index in [1.807, 2.05) is 24.3 Å². The van der Waals surface area contributed by atoms with E-state index in [0.717, 1.165) is 11.1 Å². The molecule has 10 nitrogen and oxygen atoms in total. The zero-order chi connectivity index (χ0) is 38.8. The molecule has 2 amide bonds. The standard InChI is InChI=1S/C41H36Cl4N4O6/c1-25-24-46(20-2-21-47-34(26-4-8-28(42)9-5-26)36(39(47)51)54-32-16-12-30(44)13-17-32)41(53)49(38(25)50)23-3-22-48-35(27-6-10-29(43)11-7-27)37(40(48)52)55-33-18-14-31(45)15-19-33/h4-19,24,34-37H,2-3,20-23H2,1H3/t34-,35+,36+,37-/m0/s1. The number of ether oxygens (including phenoxy) is 2. The molecule has 0 spiro atoms. The zero-order valence-electron chi connectivity index (χ0n) is 29.6. The summed E-state index contributed by atoms with van der Waals surface area (Å²) < 4.78 is 14.9. The number of hydrogen-bond acceptors (Lipinski definition) is 6. The van der Waals surface area contributed by atoms with E-state index in [-0.39, 0.29) is 37.5 Å². The molecule has 284 valence electrons. The average molecular weight is 823 g/mol. The van der Waals surface area contributed by atoms with Crippen LogP contribution in [0, 0.1) is 6.92 Å². The van der Waals surface area contributed by atoms with Crippen LogP contribution in [0.25, 0.3) is 0 Å². The van der Waals surface area contributed by atoms with Gasteiger partial charge in [-0.05, 0) is 104 Å². The van der Waals surface area contributed by atoms with Gasteiger partial charge >= 0.3 is 5.69 Å². The third kappa shape index (κ3) is 8.28. The topological polar surface area (TPSA) is 103 Å². The van der Waals surface area contributed by atoms with Gasteiger partial charge in [-0.3, -0.25) is 19.0 Å². The van der Waals surface area contributed by atoms with E-state index in [2.05, 4.69) is 0 Å². The average Bonchev–Trinajstić information content (AvgIpc) is 3.18. The molecule has 2 aliphatic heterocycles. The predicted octanol–water partition coefficient (Wildman–Crippen LogP) is 7.77. The van der Waals surface area contributed by atoms with Gasteiger partial charge in [-0.1, -0.05) is 70.7 Å². The van der Waals surface area contributed by atoms with E-state index in [1.54, 1.807) is 95.7 Å². The lowest BCUT2D eigenvalue weighted by atomic mass is 9.90. The highest BCUT2D eigenvalue weighted by molar-refractivity contribution is 6.31. The molecular weight excluding hydrogens is 786 g/mol. The summed E-state index contributed by atoms with van der Waals surface area (Å²) in [5.41, 5.74) is 1.27. The van der Waals surface area contributed by atoms with Gasteiger partial charge in [0, 0.05) is 58.0 Å². The molecule has 0 N–H and O–H groups in total. The molecule has 2 aliphatic rings. The van der Waals surface area contributed by atoms with Crippen molar-refractivity contribution in [2.24, 2.45) is 0 Å². The normalized spacial score (nSPS) is 19.2. The largest absolute Gasteiger partial charge is 0.478 e. The molecule has 0 bridgehead atoms. The molecule has 5 aromatic rings. The second-order valence-corrected chi connectivity index (χ2v) is 15.2. The number of aryl methyl sites for hydroxylation is 2. The Morgan fingerprint density at radius 2 is 0.909 bits per heavy atom. The second-order valence-electron chi connectivity index (χ2n) is 13.5. The first-order valence-electron chi connectivity index (χ1n) is 17.8. The maximum atomic E-state index is 13.7. The first-order chi connectivity index (χ1) is 26.5. The number of halogens is 4. The Kier molecular flexibility index (Phi) is 11.6. The van der Waals surface area contributed by atoms with Crippen molar-refractivity contribution >= 4 is 58.2 Å². The van der Waals surface area contributed by atoms with Crippen molar-refractivity contribution in [3.8, 4) is 11.5 Å². The summed E-state index contributed by atoms with van der Waals surface area (Å²) in [4.78, 5) is 57.1. The maximum absolute atomic E-state index is 13.7. The summed E-state index contributed by atoms with van der Waals surface area (Å²) >= 11 is 24.4. The summed E-state index contributed by atoms with van der Waals surface area (Å²) in [7, 11) is 0. The SMILES string of the molecule is Cc1cn(CCCN2C(=O)[C@H](Oc3ccc(Cl)cc3)[C@@H]2c2ccc(Cl)cc2)c(=O)n(CCCN2C(=O)[C@@H](Oc3ccc(Cl)cc3)[C@H]2c2ccc(Cl)cc2)c1=O. The van der Waals surface area contributed by atoms with Crippen molar-refractivity contribution in [3.05, 3.63) is 161 Å². The number of β-lactam (4-membered cyclic amide) rings is 2. The van der Waals surface area contributed by atoms with Gasteiger partial charge < -0.3 is 23.8 Å². The number of hydrogen-bond donors (Lipinski definition) is 0. The van der Waals surface area contributed by atoms with E-state index >= 15 is 0 Å². The quantitative estimate of drug-likeness (QED) is 0.106. The minimum Gasteiger partial charge on any atom is -0.478 e. The number of likely N-dealkylation sites (tertiary alicyclic amines) is 2. The molecule has 4 atom stereocenters. The smallest absolute Gasteiger partial charge is 0.330 e. The predicted molar refractivity (Wildman–Crippen MR) is 212 cm³/mol. The fraction of sp³-hybridized carbons (Fsp3) is 0.268. The Morgan fingerprint density at radius 1 is 0.527 bits per heavy atom. The monoisotopic (exact) mass is 820 g/mol. The van der Waals surface area contributed by atoms with Gasteiger partial charge in [-0.25, -0.2) is 4.79 Å². The van der Waals surface area contributed by atoms with Gasteiger partial charge in [0.1, 0.15) is 23.6 Å². The summed E-state index contributed by atoms with van der Waals surface area (Å²) in [5.74, 6) is 0.651. The third-order valence-electron chi connectivity index (χ3n) is 9.86. The number of amides is 2. The Morgan fingerprint density at radius 3 is 1.33 bits per heavy atom. The number of benzene rings is 4. The summed E-state index contributed by atoms with van der Waals surface area (Å²) in [6, 6.07) is 27.4. The van der Waals surface area contributed by atoms with Crippen LogP contribution in [0.3, 0.4) is 0 Å². The van der Waals surface area contributed by atoms with E-state index < -0.39 is 29.5 Å². The highest BCUT2D eigenvalue weighted by atomic mass is 35.5. The van der Waals surface area contributed by atoms with Crippen molar-refractivity contribution in [2.45, 2.75) is 57.1 Å². The molecule has 0 unspecified atom stereocenters. The molecule has 4 aromatic carbocycles. The van der Waals surface area contributed by atoms with Crippen molar-refractivity contribution < 1.29 is 19.1 Å². The summed E-state index contributed by atoms with van der Waals surface area (Å²) in [6.07, 6.45) is 0.837. The number of aromatic nitrogens is 2. The minimum atomic E-state index is -0.766. The minimum absolute atomic E-state index is 0.103. The molecule has 55 heavy (non-hydrogen) atoms. The molecule has 14 heteroatoms. The summed E-state index contributed by atoms with van der Waals surface area (Å²) in [5, 5.41) is 2.25. The van der Waals surface area contributed by atoms with Crippen molar-refractivity contribution in [2.75, 3.05) is 13.1 Å². The molecule has 2 fully saturated rings. The van der Waals surface area contributed by atoms with Gasteiger partial charge in [0.05, 0.1) is 0 Å². The van der Waals surface area contributed by atoms with Crippen molar-refractivity contribution in [1.82, 2.24) is 18.9 Å². The fourth-order valence-electron chi connectivity index (χ4n) is 7.08. The zero-order valence-corrected chi connectivity index (χ0v) is 32.6. The number of rotatable bonds is 14. The van der Waals surface area contributed by atoms with Crippen LogP contribution in [0.5, 0.6) is 11.5 Å². The lowest BCUT2D eigenvalue weighted by molar-refractivity contribution is -0.164. The Balaban J connectivity index is 1.01. The van der Waals surface area contributed by atoms with Crippen LogP contribution in [0.15, 0.2) is 113 Å². The first-order valence-corrected chi connectivity index (χ1v) is 19.3. The van der Waals surface area contributed by atoms with Gasteiger partial charge in [0.2, 0.25) is 12.2 Å². The maximum Gasteiger partial charge on any atom is 0.330 e. The Hall–Kier alpha value is -4.74. The van der Waals surface area contributed by atoms with Crippen molar-refractivity contribution in [1.29, 1.82) is 0 Å². The molecule has 2 saturated heterocycles. The molecule has 0 aliphatic carbocycles. The highest BCUT2D eigenvalue weighted by Crippen LogP contribution is 2.40. The van der Waals surface area contributed by atoms with E-state index in [4.69, 9.17) is 55.9 Å². The van der Waals surface area contributed by atoms with Gasteiger partial charge in [-0.15, -0.1) is 0 Å². The second kappa shape index (κ2) is 16.5. The molecule has 1 aromatic heterocycles. The molecule has 3 heterocycles. The number of nitrogens with zero attached hydrogens (tertiary/aromatic N) is 4. The van der Waals surface area contributed by atoms with Gasteiger partial charge in [0.15, 0.2) is 0 Å². The van der Waals surface area contributed by atoms with Crippen LogP contribution in [0.4, 0.5) is 0 Å². The van der Waals surface area contributed by atoms with Crippen LogP contribution < -0.4 is 20.7 Å². The Bertz CT molecular complexity index is 2300. The fourth-order valence-corrected chi connectivity index (χ4v) is 7.58. The van der Waals surface area contributed by atoms with Crippen LogP contribution in [0.1, 0.15) is 41.6 Å². The van der Waals surface area contributed by atoms with E-state index in [1.165, 1.54) is 9.13 Å². The van der Waals surface area contributed by atoms with E-state index in [0.29, 0.717) is 56.5 Å². The molecule has 0 saturated carbocycles. The van der Waals surface area contributed by atoms with Crippen LogP contribution in [0.2, 0.25) is 20.1 Å². The highest BCUT2D eigenvalue weighted by Gasteiger charge is 2.50. The molecular formula is C41H36Cl4N4O6.